The first-order chi connectivity index (χ1) is 9.11. The number of ether oxygens (including phenoxy) is 2. The van der Waals surface area contributed by atoms with Crippen molar-refractivity contribution in [1.82, 2.24) is 0 Å². The van der Waals surface area contributed by atoms with Gasteiger partial charge in [-0.3, -0.25) is 0 Å². The minimum Gasteiger partial charge on any atom is -0.497 e. The molecule has 0 aromatic heterocycles. The van der Waals surface area contributed by atoms with Crippen LogP contribution in [0.25, 0.3) is 0 Å². The molecule has 0 aliphatic rings. The van der Waals surface area contributed by atoms with E-state index in [4.69, 9.17) is 21.1 Å². The summed E-state index contributed by atoms with van der Waals surface area (Å²) >= 11 is 9.30. The first-order valence-corrected chi connectivity index (χ1v) is 6.68. The molecule has 0 unspecified atom stereocenters. The molecule has 0 fully saturated rings. The maximum absolute atomic E-state index is 13.6. The fourth-order valence-corrected chi connectivity index (χ4v) is 2.24. The van der Waals surface area contributed by atoms with E-state index in [-0.39, 0.29) is 12.4 Å². The van der Waals surface area contributed by atoms with Gasteiger partial charge in [0.05, 0.1) is 16.6 Å². The van der Waals surface area contributed by atoms with E-state index in [1.165, 1.54) is 6.07 Å². The van der Waals surface area contributed by atoms with Gasteiger partial charge >= 0.3 is 0 Å². The molecule has 0 saturated carbocycles. The zero-order valence-corrected chi connectivity index (χ0v) is 12.5. The van der Waals surface area contributed by atoms with Crippen LogP contribution in [0.4, 0.5) is 4.39 Å². The molecule has 0 heterocycles. The molecule has 2 aromatic carbocycles. The molecule has 19 heavy (non-hydrogen) atoms. The van der Waals surface area contributed by atoms with Gasteiger partial charge in [0.2, 0.25) is 0 Å². The van der Waals surface area contributed by atoms with E-state index in [2.05, 4.69) is 15.9 Å². The van der Waals surface area contributed by atoms with Crippen molar-refractivity contribution < 1.29 is 13.9 Å². The summed E-state index contributed by atoms with van der Waals surface area (Å²) in [6, 6.07) is 9.84. The van der Waals surface area contributed by atoms with Crippen LogP contribution in [0, 0.1) is 5.82 Å². The van der Waals surface area contributed by atoms with Gasteiger partial charge in [-0.25, -0.2) is 4.39 Å². The zero-order valence-electron chi connectivity index (χ0n) is 10.1. The van der Waals surface area contributed by atoms with Crippen molar-refractivity contribution in [3.05, 3.63) is 57.3 Å². The van der Waals surface area contributed by atoms with Gasteiger partial charge in [-0.05, 0) is 46.3 Å². The second-order valence-corrected chi connectivity index (χ2v) is 5.05. The third-order valence-corrected chi connectivity index (χ3v) is 3.55. The van der Waals surface area contributed by atoms with Gasteiger partial charge in [0, 0.05) is 5.56 Å². The average Bonchev–Trinajstić information content (AvgIpc) is 2.39. The fourth-order valence-electron chi connectivity index (χ4n) is 1.55. The van der Waals surface area contributed by atoms with Crippen LogP contribution < -0.4 is 9.47 Å². The molecular formula is C14H11BrClFO2. The molecule has 0 spiro atoms. The minimum atomic E-state index is -0.378. The number of hydrogen-bond acceptors (Lipinski definition) is 2. The molecule has 0 saturated heterocycles. The molecule has 2 aromatic rings. The lowest BCUT2D eigenvalue weighted by Crippen LogP contribution is -2.00. The van der Waals surface area contributed by atoms with E-state index in [0.29, 0.717) is 22.1 Å². The first-order valence-electron chi connectivity index (χ1n) is 5.51. The Morgan fingerprint density at radius 2 is 2.05 bits per heavy atom. The van der Waals surface area contributed by atoms with Crippen molar-refractivity contribution in [2.75, 3.05) is 7.11 Å². The van der Waals surface area contributed by atoms with Crippen molar-refractivity contribution in [2.45, 2.75) is 6.61 Å². The monoisotopic (exact) mass is 344 g/mol. The topological polar surface area (TPSA) is 18.5 Å². The largest absolute Gasteiger partial charge is 0.497 e. The first kappa shape index (κ1) is 14.2. The summed E-state index contributed by atoms with van der Waals surface area (Å²) in [5, 5.41) is 0.352. The summed E-state index contributed by atoms with van der Waals surface area (Å²) in [4.78, 5) is 0. The highest BCUT2D eigenvalue weighted by Crippen LogP contribution is 2.30. The van der Waals surface area contributed by atoms with Crippen molar-refractivity contribution >= 4 is 27.5 Å². The molecule has 0 bridgehead atoms. The molecule has 100 valence electrons. The molecule has 5 heteroatoms. The third-order valence-electron chi connectivity index (χ3n) is 2.57. The highest BCUT2D eigenvalue weighted by atomic mass is 79.9. The van der Waals surface area contributed by atoms with Gasteiger partial charge in [0.25, 0.3) is 0 Å². The van der Waals surface area contributed by atoms with Gasteiger partial charge in [-0.2, -0.15) is 0 Å². The Kier molecular flexibility index (Phi) is 4.66. The van der Waals surface area contributed by atoms with E-state index in [9.17, 15) is 4.39 Å². The van der Waals surface area contributed by atoms with Gasteiger partial charge in [0.15, 0.2) is 0 Å². The smallest absolute Gasteiger partial charge is 0.134 e. The van der Waals surface area contributed by atoms with Crippen LogP contribution in [0.3, 0.4) is 0 Å². The number of halogens is 3. The van der Waals surface area contributed by atoms with Crippen molar-refractivity contribution in [3.8, 4) is 11.5 Å². The van der Waals surface area contributed by atoms with E-state index >= 15 is 0 Å². The van der Waals surface area contributed by atoms with Crippen LogP contribution in [-0.2, 0) is 6.61 Å². The molecule has 0 amide bonds. The Hall–Kier alpha value is -1.26. The fraction of sp³-hybridized carbons (Fsp3) is 0.143. The molecule has 0 radical (unpaired) electrons. The van der Waals surface area contributed by atoms with E-state index in [0.717, 1.165) is 4.47 Å². The second kappa shape index (κ2) is 6.26. The summed E-state index contributed by atoms with van der Waals surface area (Å²) in [6.45, 7) is 0.0659. The Balaban J connectivity index is 2.15. The average molecular weight is 346 g/mol. The lowest BCUT2D eigenvalue weighted by molar-refractivity contribution is 0.297. The summed E-state index contributed by atoms with van der Waals surface area (Å²) in [5.74, 6) is 0.931. The zero-order chi connectivity index (χ0) is 13.8. The number of hydrogen-bond donors (Lipinski definition) is 0. The Labute approximate surface area is 124 Å². The van der Waals surface area contributed by atoms with Gasteiger partial charge < -0.3 is 9.47 Å². The van der Waals surface area contributed by atoms with Crippen LogP contribution in [0.2, 0.25) is 5.02 Å². The molecule has 0 aliphatic heterocycles. The third kappa shape index (κ3) is 3.39. The van der Waals surface area contributed by atoms with E-state index in [1.807, 2.05) is 0 Å². The molecule has 0 atom stereocenters. The standard InChI is InChI=1S/C14H11BrClFO2/c1-18-9-5-6-14(11(15)7-9)19-8-10-12(16)3-2-4-13(10)17/h2-7H,8H2,1H3. The van der Waals surface area contributed by atoms with Crippen LogP contribution in [-0.4, -0.2) is 7.11 Å². The van der Waals surface area contributed by atoms with Gasteiger partial charge in [-0.15, -0.1) is 0 Å². The van der Waals surface area contributed by atoms with Crippen LogP contribution in [0.15, 0.2) is 40.9 Å². The van der Waals surface area contributed by atoms with Crippen LogP contribution in [0.1, 0.15) is 5.56 Å². The predicted molar refractivity (Wildman–Crippen MR) is 76.4 cm³/mol. The molecule has 2 nitrogen and oxygen atoms in total. The SMILES string of the molecule is COc1ccc(OCc2c(F)cccc2Cl)c(Br)c1. The predicted octanol–water partition coefficient (Wildman–Crippen LogP) is 4.83. The summed E-state index contributed by atoms with van der Waals surface area (Å²) in [5.41, 5.74) is 0.340. The van der Waals surface area contributed by atoms with E-state index in [1.54, 1.807) is 37.4 Å². The molecule has 0 N–H and O–H groups in total. The number of methoxy groups -OCH3 is 1. The summed E-state index contributed by atoms with van der Waals surface area (Å²) in [7, 11) is 1.58. The summed E-state index contributed by atoms with van der Waals surface area (Å²) < 4.78 is 25.0. The number of benzene rings is 2. The Morgan fingerprint density at radius 1 is 1.26 bits per heavy atom. The highest BCUT2D eigenvalue weighted by molar-refractivity contribution is 9.10. The van der Waals surface area contributed by atoms with Gasteiger partial charge in [0.1, 0.15) is 23.9 Å². The van der Waals surface area contributed by atoms with Crippen molar-refractivity contribution in [1.29, 1.82) is 0 Å². The quantitative estimate of drug-likeness (QED) is 0.790. The molecule has 0 aliphatic carbocycles. The molecule has 2 rings (SSSR count). The maximum atomic E-state index is 13.6. The van der Waals surface area contributed by atoms with E-state index < -0.39 is 0 Å². The highest BCUT2D eigenvalue weighted by Gasteiger charge is 2.09. The second-order valence-electron chi connectivity index (χ2n) is 3.79. The van der Waals surface area contributed by atoms with Crippen LogP contribution >= 0.6 is 27.5 Å². The maximum Gasteiger partial charge on any atom is 0.134 e. The Morgan fingerprint density at radius 3 is 2.68 bits per heavy atom. The lowest BCUT2D eigenvalue weighted by Gasteiger charge is -2.11. The molecular weight excluding hydrogens is 335 g/mol. The Bertz CT molecular complexity index is 569. The van der Waals surface area contributed by atoms with Crippen molar-refractivity contribution in [3.63, 3.8) is 0 Å². The van der Waals surface area contributed by atoms with Crippen molar-refractivity contribution in [2.24, 2.45) is 0 Å². The normalized spacial score (nSPS) is 10.3. The van der Waals surface area contributed by atoms with Gasteiger partial charge in [-0.1, -0.05) is 17.7 Å². The minimum absolute atomic E-state index is 0.0659. The number of rotatable bonds is 4. The lowest BCUT2D eigenvalue weighted by atomic mass is 10.2. The summed E-state index contributed by atoms with van der Waals surface area (Å²) in [6.07, 6.45) is 0. The van der Waals surface area contributed by atoms with Crippen LogP contribution in [0.5, 0.6) is 11.5 Å².